The molecule has 0 saturated carbocycles. The molecule has 1 N–H and O–H groups in total. The van der Waals surface area contributed by atoms with E-state index >= 15 is 0 Å². The van der Waals surface area contributed by atoms with Crippen LogP contribution in [-0.2, 0) is 11.3 Å². The van der Waals surface area contributed by atoms with E-state index in [0.29, 0.717) is 0 Å². The van der Waals surface area contributed by atoms with Gasteiger partial charge in [-0.1, -0.05) is 23.7 Å². The van der Waals surface area contributed by atoms with E-state index in [9.17, 15) is 0 Å². The van der Waals surface area contributed by atoms with Crippen molar-refractivity contribution in [3.8, 4) is 0 Å². The zero-order chi connectivity index (χ0) is 12.6. The van der Waals surface area contributed by atoms with Gasteiger partial charge in [-0.2, -0.15) is 0 Å². The lowest BCUT2D eigenvalue weighted by molar-refractivity contribution is 0.0374. The summed E-state index contributed by atoms with van der Waals surface area (Å²) in [6.45, 7) is 7.02. The third kappa shape index (κ3) is 7.67. The van der Waals surface area contributed by atoms with Gasteiger partial charge in [-0.3, -0.25) is 4.90 Å². The lowest BCUT2D eigenvalue weighted by atomic mass is 10.2. The van der Waals surface area contributed by atoms with Crippen LogP contribution in [0.25, 0.3) is 0 Å². The molecule has 20 heavy (non-hydrogen) atoms. The highest BCUT2D eigenvalue weighted by Crippen LogP contribution is 2.10. The fourth-order valence-electron chi connectivity index (χ4n) is 2.13. The standard InChI is InChI=1S/C14H21ClN2O.2ClH/c15-14-4-1-3-13(11-14)12-16-5-2-6-17-7-9-18-10-8-17;;/h1,3-4,11,16H,2,5-10,12H2;2*1H. The summed E-state index contributed by atoms with van der Waals surface area (Å²) in [6, 6.07) is 8.01. The highest BCUT2D eigenvalue weighted by molar-refractivity contribution is 6.30. The summed E-state index contributed by atoms with van der Waals surface area (Å²) in [6.07, 6.45) is 1.18. The predicted octanol–water partition coefficient (Wildman–Crippen LogP) is 3.00. The van der Waals surface area contributed by atoms with Gasteiger partial charge in [0.1, 0.15) is 0 Å². The maximum absolute atomic E-state index is 5.94. The molecule has 0 atom stereocenters. The summed E-state index contributed by atoms with van der Waals surface area (Å²) in [5.74, 6) is 0. The molecular weight excluding hydrogens is 319 g/mol. The Morgan fingerprint density at radius 2 is 1.95 bits per heavy atom. The highest BCUT2D eigenvalue weighted by atomic mass is 35.5. The van der Waals surface area contributed by atoms with Gasteiger partial charge in [0.2, 0.25) is 0 Å². The fourth-order valence-corrected chi connectivity index (χ4v) is 2.34. The minimum Gasteiger partial charge on any atom is -0.379 e. The molecular formula is C14H23Cl3N2O. The lowest BCUT2D eigenvalue weighted by Crippen LogP contribution is -2.37. The first-order chi connectivity index (χ1) is 8.84. The van der Waals surface area contributed by atoms with Crippen molar-refractivity contribution in [2.45, 2.75) is 13.0 Å². The van der Waals surface area contributed by atoms with Crippen LogP contribution < -0.4 is 5.32 Å². The topological polar surface area (TPSA) is 24.5 Å². The van der Waals surface area contributed by atoms with Gasteiger partial charge in [0, 0.05) is 24.7 Å². The molecule has 0 unspecified atom stereocenters. The van der Waals surface area contributed by atoms with Crippen LogP contribution >= 0.6 is 36.4 Å². The summed E-state index contributed by atoms with van der Waals surface area (Å²) in [5.41, 5.74) is 1.24. The number of rotatable bonds is 6. The SMILES string of the molecule is Cl.Cl.Clc1cccc(CNCCCN2CCOCC2)c1. The summed E-state index contributed by atoms with van der Waals surface area (Å²) in [7, 11) is 0. The molecule has 0 aromatic heterocycles. The van der Waals surface area contributed by atoms with Gasteiger partial charge in [0.15, 0.2) is 0 Å². The van der Waals surface area contributed by atoms with Crippen LogP contribution in [0.5, 0.6) is 0 Å². The second kappa shape index (κ2) is 11.6. The molecule has 1 aromatic rings. The molecule has 116 valence electrons. The van der Waals surface area contributed by atoms with Crippen molar-refractivity contribution in [1.82, 2.24) is 10.2 Å². The van der Waals surface area contributed by atoms with Gasteiger partial charge in [0.05, 0.1) is 13.2 Å². The van der Waals surface area contributed by atoms with E-state index in [4.69, 9.17) is 16.3 Å². The van der Waals surface area contributed by atoms with Gasteiger partial charge in [-0.15, -0.1) is 24.8 Å². The Balaban J connectivity index is 0.00000180. The first-order valence-electron chi connectivity index (χ1n) is 6.60. The Hall–Kier alpha value is -0.0300. The van der Waals surface area contributed by atoms with Crippen LogP contribution in [0.3, 0.4) is 0 Å². The van der Waals surface area contributed by atoms with Crippen LogP contribution in [0.15, 0.2) is 24.3 Å². The third-order valence-electron chi connectivity index (χ3n) is 3.15. The number of halogens is 3. The minimum atomic E-state index is 0. The van der Waals surface area contributed by atoms with E-state index in [1.54, 1.807) is 0 Å². The van der Waals surface area contributed by atoms with Crippen molar-refractivity contribution in [1.29, 1.82) is 0 Å². The highest BCUT2D eigenvalue weighted by Gasteiger charge is 2.08. The summed E-state index contributed by atoms with van der Waals surface area (Å²) in [4.78, 5) is 2.46. The van der Waals surface area contributed by atoms with Crippen molar-refractivity contribution in [3.63, 3.8) is 0 Å². The minimum absolute atomic E-state index is 0. The second-order valence-electron chi connectivity index (χ2n) is 4.61. The first kappa shape index (κ1) is 20.0. The van der Waals surface area contributed by atoms with Gasteiger partial charge >= 0.3 is 0 Å². The number of hydrogen-bond acceptors (Lipinski definition) is 3. The van der Waals surface area contributed by atoms with Crippen LogP contribution in [0.4, 0.5) is 0 Å². The third-order valence-corrected chi connectivity index (χ3v) is 3.38. The Bertz CT molecular complexity index is 360. The van der Waals surface area contributed by atoms with Crippen LogP contribution in [-0.4, -0.2) is 44.3 Å². The summed E-state index contributed by atoms with van der Waals surface area (Å²) in [5, 5.41) is 4.26. The van der Waals surface area contributed by atoms with E-state index in [2.05, 4.69) is 16.3 Å². The van der Waals surface area contributed by atoms with Gasteiger partial charge < -0.3 is 10.1 Å². The number of benzene rings is 1. The van der Waals surface area contributed by atoms with Crippen molar-refractivity contribution < 1.29 is 4.74 Å². The smallest absolute Gasteiger partial charge is 0.0594 e. The molecule has 0 aliphatic carbocycles. The maximum atomic E-state index is 5.94. The molecule has 1 aromatic carbocycles. The predicted molar refractivity (Wildman–Crippen MR) is 89.5 cm³/mol. The zero-order valence-corrected chi connectivity index (χ0v) is 13.9. The molecule has 0 spiro atoms. The molecule has 0 bridgehead atoms. The summed E-state index contributed by atoms with van der Waals surface area (Å²) < 4.78 is 5.33. The molecule has 1 aliphatic heterocycles. The molecule has 1 saturated heterocycles. The van der Waals surface area contributed by atoms with Gasteiger partial charge in [-0.05, 0) is 37.2 Å². The number of hydrogen-bond donors (Lipinski definition) is 1. The number of nitrogens with zero attached hydrogens (tertiary/aromatic N) is 1. The van der Waals surface area contributed by atoms with E-state index in [1.165, 1.54) is 12.0 Å². The number of morpholine rings is 1. The average Bonchev–Trinajstić information content (AvgIpc) is 2.40. The van der Waals surface area contributed by atoms with Crippen LogP contribution in [0, 0.1) is 0 Å². The van der Waals surface area contributed by atoms with Gasteiger partial charge in [-0.25, -0.2) is 0 Å². The van der Waals surface area contributed by atoms with Crippen LogP contribution in [0.1, 0.15) is 12.0 Å². The second-order valence-corrected chi connectivity index (χ2v) is 5.05. The van der Waals surface area contributed by atoms with E-state index in [0.717, 1.165) is 51.0 Å². The van der Waals surface area contributed by atoms with E-state index < -0.39 is 0 Å². The molecule has 1 heterocycles. The Kier molecular flexibility index (Phi) is 11.6. The first-order valence-corrected chi connectivity index (χ1v) is 6.98. The number of nitrogens with one attached hydrogen (secondary N) is 1. The van der Waals surface area contributed by atoms with Crippen molar-refractivity contribution in [2.75, 3.05) is 39.4 Å². The quantitative estimate of drug-likeness (QED) is 0.805. The summed E-state index contributed by atoms with van der Waals surface area (Å²) >= 11 is 5.94. The zero-order valence-electron chi connectivity index (χ0n) is 11.5. The Labute approximate surface area is 138 Å². The van der Waals surface area contributed by atoms with Crippen molar-refractivity contribution in [2.24, 2.45) is 0 Å². The van der Waals surface area contributed by atoms with Gasteiger partial charge in [0.25, 0.3) is 0 Å². The van der Waals surface area contributed by atoms with E-state index in [-0.39, 0.29) is 24.8 Å². The Morgan fingerprint density at radius 1 is 1.20 bits per heavy atom. The number of ether oxygens (including phenoxy) is 1. The molecule has 1 aliphatic rings. The fraction of sp³-hybridized carbons (Fsp3) is 0.571. The van der Waals surface area contributed by atoms with E-state index in [1.807, 2.05) is 18.2 Å². The van der Waals surface area contributed by atoms with Crippen molar-refractivity contribution in [3.05, 3.63) is 34.9 Å². The molecule has 2 rings (SSSR count). The molecule has 1 fully saturated rings. The molecule has 0 radical (unpaired) electrons. The molecule has 3 nitrogen and oxygen atoms in total. The average molecular weight is 342 g/mol. The Morgan fingerprint density at radius 3 is 2.65 bits per heavy atom. The maximum Gasteiger partial charge on any atom is 0.0594 e. The monoisotopic (exact) mass is 340 g/mol. The van der Waals surface area contributed by atoms with Crippen LogP contribution in [0.2, 0.25) is 5.02 Å². The molecule has 0 amide bonds. The normalized spacial score (nSPS) is 15.2. The molecule has 6 heteroatoms. The van der Waals surface area contributed by atoms with Crippen molar-refractivity contribution >= 4 is 36.4 Å². The largest absolute Gasteiger partial charge is 0.379 e. The lowest BCUT2D eigenvalue weighted by Gasteiger charge is -2.26.